The highest BCUT2D eigenvalue weighted by molar-refractivity contribution is 5.97. The van der Waals surface area contributed by atoms with E-state index in [4.69, 9.17) is 4.74 Å². The lowest BCUT2D eigenvalue weighted by Crippen LogP contribution is -2.59. The van der Waals surface area contributed by atoms with Gasteiger partial charge in [-0.2, -0.15) is 0 Å². The predicted molar refractivity (Wildman–Crippen MR) is 192 cm³/mol. The summed E-state index contributed by atoms with van der Waals surface area (Å²) in [6.07, 6.45) is -0.296. The number of ether oxygens (including phenoxy) is 1. The van der Waals surface area contributed by atoms with Crippen LogP contribution in [0.1, 0.15) is 86.4 Å². The molecule has 0 spiro atoms. The van der Waals surface area contributed by atoms with E-state index in [1.54, 1.807) is 72.0 Å². The van der Waals surface area contributed by atoms with Crippen LogP contribution in [-0.2, 0) is 36.8 Å². The smallest absolute Gasteiger partial charge is 0.408 e. The molecular formula is C37H58N6O8. The van der Waals surface area contributed by atoms with E-state index in [2.05, 4.69) is 31.2 Å². The van der Waals surface area contributed by atoms with E-state index in [0.29, 0.717) is 12.1 Å². The van der Waals surface area contributed by atoms with Crippen molar-refractivity contribution in [2.75, 3.05) is 0 Å². The summed E-state index contributed by atoms with van der Waals surface area (Å²) in [6.45, 7) is 15.7. The van der Waals surface area contributed by atoms with Crippen molar-refractivity contribution in [3.05, 3.63) is 54.1 Å². The predicted octanol–water partition coefficient (Wildman–Crippen LogP) is 2.79. The minimum Gasteiger partial charge on any atom is -0.444 e. The summed E-state index contributed by atoms with van der Waals surface area (Å²) in [5.74, 6) is -4.68. The van der Waals surface area contributed by atoms with Crippen molar-refractivity contribution in [1.29, 1.82) is 0 Å². The lowest BCUT2D eigenvalue weighted by molar-refractivity contribution is -0.142. The number of nitrogens with one attached hydrogen (secondary N) is 5. The van der Waals surface area contributed by atoms with Crippen molar-refractivity contribution in [2.24, 2.45) is 23.7 Å². The highest BCUT2D eigenvalue weighted by Gasteiger charge is 2.40. The van der Waals surface area contributed by atoms with E-state index in [1.165, 1.54) is 6.33 Å². The van der Waals surface area contributed by atoms with Crippen LogP contribution in [-0.4, -0.2) is 85.8 Å². The standard InChI is InChI=1S/C37H58N6O8/c1-10-23(6)32(46)43-35(49)29(22(4)5)31(45)30(44)26(16-21(2)3)40-34(48)28(18-25-19-38-20-39-25)41-33(47)27(17-24-14-12-11-13-15-24)42-36(50)51-37(7,8)9/h11-15,19-23,26-31,44-45H,10,16-18H2,1-9H3,(H,38,39)(H,40,48)(H,41,47)(H,42,50)(H,43,46,49)/t23-,26-,27-,28-,29+,30+,31+/m0/s1. The molecule has 7 atom stereocenters. The van der Waals surface area contributed by atoms with Gasteiger partial charge in [0.05, 0.1) is 30.1 Å². The first-order valence-corrected chi connectivity index (χ1v) is 17.7. The fraction of sp³-hybridized carbons (Fsp3) is 0.622. The number of hydrogen-bond donors (Lipinski definition) is 7. The molecule has 5 amide bonds. The summed E-state index contributed by atoms with van der Waals surface area (Å²) in [5, 5.41) is 33.4. The third-order valence-corrected chi connectivity index (χ3v) is 8.40. The average molecular weight is 715 g/mol. The highest BCUT2D eigenvalue weighted by Crippen LogP contribution is 2.23. The Kier molecular flexibility index (Phi) is 16.7. The maximum Gasteiger partial charge on any atom is 0.408 e. The van der Waals surface area contributed by atoms with Gasteiger partial charge in [-0.3, -0.25) is 24.5 Å². The molecule has 0 saturated heterocycles. The third kappa shape index (κ3) is 14.5. The molecule has 0 aliphatic carbocycles. The van der Waals surface area contributed by atoms with Gasteiger partial charge in [-0.1, -0.05) is 71.9 Å². The number of aliphatic hydroxyl groups is 2. The summed E-state index contributed by atoms with van der Waals surface area (Å²) in [6, 6.07) is 5.64. The van der Waals surface area contributed by atoms with Crippen LogP contribution in [0.15, 0.2) is 42.9 Å². The zero-order valence-corrected chi connectivity index (χ0v) is 31.4. The lowest BCUT2D eigenvalue weighted by Gasteiger charge is -2.35. The van der Waals surface area contributed by atoms with Crippen LogP contribution in [0.2, 0.25) is 0 Å². The normalized spacial score (nSPS) is 15.9. The lowest BCUT2D eigenvalue weighted by atomic mass is 9.82. The van der Waals surface area contributed by atoms with Gasteiger partial charge in [0.15, 0.2) is 0 Å². The second-order valence-electron chi connectivity index (χ2n) is 14.9. The number of rotatable bonds is 18. The Balaban J connectivity index is 2.38. The monoisotopic (exact) mass is 714 g/mol. The van der Waals surface area contributed by atoms with Crippen LogP contribution < -0.4 is 21.3 Å². The molecule has 1 aromatic heterocycles. The molecule has 14 heteroatoms. The second kappa shape index (κ2) is 19.9. The van der Waals surface area contributed by atoms with Crippen molar-refractivity contribution in [3.63, 3.8) is 0 Å². The molecule has 0 bridgehead atoms. The molecule has 0 fully saturated rings. The molecule has 0 radical (unpaired) electrons. The number of alkyl carbamates (subject to hydrolysis) is 1. The van der Waals surface area contributed by atoms with Gasteiger partial charge in [0, 0.05) is 25.0 Å². The molecule has 14 nitrogen and oxygen atoms in total. The number of carbonyl (C=O) groups is 5. The minimum absolute atomic E-state index is 0.0482. The van der Waals surface area contributed by atoms with E-state index < -0.39 is 83.4 Å². The SMILES string of the molecule is CC[C@H](C)C(=O)NC(=O)[C@H](C(C)C)[C@@H](O)[C@H](O)[C@H](CC(C)C)NC(=O)[C@H](Cc1c[nH]cn1)NC(=O)[C@H](Cc1ccccc1)NC(=O)OC(C)(C)C. The van der Waals surface area contributed by atoms with Gasteiger partial charge < -0.3 is 35.9 Å². The second-order valence-corrected chi connectivity index (χ2v) is 14.9. The van der Waals surface area contributed by atoms with E-state index >= 15 is 0 Å². The van der Waals surface area contributed by atoms with Crippen LogP contribution in [0.4, 0.5) is 4.79 Å². The number of amides is 5. The summed E-state index contributed by atoms with van der Waals surface area (Å²) in [7, 11) is 0. The van der Waals surface area contributed by atoms with E-state index in [9.17, 15) is 34.2 Å². The van der Waals surface area contributed by atoms with E-state index in [0.717, 1.165) is 5.56 Å². The van der Waals surface area contributed by atoms with Crippen LogP contribution in [0, 0.1) is 23.7 Å². The van der Waals surface area contributed by atoms with Gasteiger partial charge in [-0.25, -0.2) is 9.78 Å². The highest BCUT2D eigenvalue weighted by atomic mass is 16.6. The molecule has 0 aliphatic rings. The molecule has 51 heavy (non-hydrogen) atoms. The van der Waals surface area contributed by atoms with Crippen molar-refractivity contribution in [3.8, 4) is 0 Å². The minimum atomic E-state index is -1.65. The van der Waals surface area contributed by atoms with Gasteiger partial charge in [-0.15, -0.1) is 0 Å². The number of aromatic nitrogens is 2. The number of imide groups is 1. The number of carbonyl (C=O) groups excluding carboxylic acids is 5. The fourth-order valence-electron chi connectivity index (χ4n) is 5.49. The van der Waals surface area contributed by atoms with E-state index in [1.807, 2.05) is 26.8 Å². The van der Waals surface area contributed by atoms with Crippen molar-refractivity contribution in [1.82, 2.24) is 31.2 Å². The first-order valence-electron chi connectivity index (χ1n) is 17.7. The van der Waals surface area contributed by atoms with Gasteiger partial charge in [0.2, 0.25) is 23.6 Å². The number of benzene rings is 1. The fourth-order valence-corrected chi connectivity index (χ4v) is 5.49. The molecule has 284 valence electrons. The molecule has 0 saturated carbocycles. The van der Waals surface area contributed by atoms with Crippen LogP contribution in [0.25, 0.3) is 0 Å². The third-order valence-electron chi connectivity index (χ3n) is 8.40. The Morgan fingerprint density at radius 3 is 1.96 bits per heavy atom. The van der Waals surface area contributed by atoms with Crippen LogP contribution >= 0.6 is 0 Å². The molecule has 0 aliphatic heterocycles. The Morgan fingerprint density at radius 1 is 0.824 bits per heavy atom. The van der Waals surface area contributed by atoms with Gasteiger partial charge >= 0.3 is 6.09 Å². The van der Waals surface area contributed by atoms with Crippen molar-refractivity contribution < 1.29 is 38.9 Å². The van der Waals surface area contributed by atoms with Gasteiger partial charge in [0.25, 0.3) is 0 Å². The topological polar surface area (TPSA) is 212 Å². The molecule has 0 unspecified atom stereocenters. The number of imidazole rings is 1. The van der Waals surface area contributed by atoms with Gasteiger partial charge in [0.1, 0.15) is 23.8 Å². The number of nitrogens with zero attached hydrogens (tertiary/aromatic N) is 1. The Hall–Kier alpha value is -4.30. The number of hydrogen-bond acceptors (Lipinski definition) is 9. The first kappa shape index (κ1) is 42.9. The quantitative estimate of drug-likeness (QED) is 0.121. The Morgan fingerprint density at radius 2 is 1.43 bits per heavy atom. The summed E-state index contributed by atoms with van der Waals surface area (Å²) in [4.78, 5) is 73.3. The van der Waals surface area contributed by atoms with Gasteiger partial charge in [-0.05, 0) is 51.0 Å². The zero-order valence-electron chi connectivity index (χ0n) is 31.4. The maximum atomic E-state index is 14.0. The molecule has 2 aromatic rings. The number of aromatic amines is 1. The molecule has 7 N–H and O–H groups in total. The molecule has 1 heterocycles. The Labute approximate surface area is 301 Å². The van der Waals surface area contributed by atoms with E-state index in [-0.39, 0.29) is 25.2 Å². The first-order chi connectivity index (χ1) is 23.8. The van der Waals surface area contributed by atoms with Crippen LogP contribution in [0.5, 0.6) is 0 Å². The molecule has 2 rings (SSSR count). The summed E-state index contributed by atoms with van der Waals surface area (Å²) < 4.78 is 5.40. The molecular weight excluding hydrogens is 656 g/mol. The van der Waals surface area contributed by atoms with Crippen LogP contribution in [0.3, 0.4) is 0 Å². The van der Waals surface area contributed by atoms with Crippen molar-refractivity contribution in [2.45, 2.75) is 124 Å². The zero-order chi connectivity index (χ0) is 38.5. The maximum absolute atomic E-state index is 14.0. The molecule has 1 aromatic carbocycles. The average Bonchev–Trinajstić information content (AvgIpc) is 3.55. The van der Waals surface area contributed by atoms with Crippen molar-refractivity contribution >= 4 is 29.7 Å². The Bertz CT molecular complexity index is 1410. The number of H-pyrrole nitrogens is 1. The summed E-state index contributed by atoms with van der Waals surface area (Å²) >= 11 is 0. The summed E-state index contributed by atoms with van der Waals surface area (Å²) in [5.41, 5.74) is 0.389. The largest absolute Gasteiger partial charge is 0.444 e. The number of aliphatic hydroxyl groups excluding tert-OH is 2.